The number of benzene rings is 2. The molecule has 1 saturated carbocycles. The number of nitrogens with zero attached hydrogens (tertiary/aromatic N) is 1. The summed E-state index contributed by atoms with van der Waals surface area (Å²) in [5.74, 6) is 0.0102. The number of carbonyl (C=O) groups is 1. The third-order valence-electron chi connectivity index (χ3n) is 5.45. The van der Waals surface area contributed by atoms with Crippen LogP contribution >= 0.6 is 23.2 Å². The summed E-state index contributed by atoms with van der Waals surface area (Å²) in [6, 6.07) is 11.3. The number of amides is 1. The average Bonchev–Trinajstić information content (AvgIpc) is 2.77. The Morgan fingerprint density at radius 2 is 1.81 bits per heavy atom. The van der Waals surface area contributed by atoms with Crippen LogP contribution in [0.5, 0.6) is 5.75 Å². The molecule has 1 fully saturated rings. The molecule has 2 aromatic carbocycles. The topological polar surface area (TPSA) is 75.7 Å². The lowest BCUT2D eigenvalue weighted by molar-refractivity contribution is -0.121. The van der Waals surface area contributed by atoms with Gasteiger partial charge in [0.05, 0.1) is 23.6 Å². The highest BCUT2D eigenvalue weighted by Crippen LogP contribution is 2.31. The third-order valence-corrected chi connectivity index (χ3v) is 8.00. The Morgan fingerprint density at radius 3 is 2.45 bits per heavy atom. The zero-order valence-electron chi connectivity index (χ0n) is 17.3. The molecule has 31 heavy (non-hydrogen) atoms. The second-order valence-corrected chi connectivity index (χ2v) is 10.2. The zero-order chi connectivity index (χ0) is 22.4. The van der Waals surface area contributed by atoms with E-state index in [-0.39, 0.29) is 35.0 Å². The van der Waals surface area contributed by atoms with Gasteiger partial charge in [0, 0.05) is 17.6 Å². The van der Waals surface area contributed by atoms with Crippen LogP contribution in [0.15, 0.2) is 47.4 Å². The van der Waals surface area contributed by atoms with Crippen molar-refractivity contribution in [2.24, 2.45) is 0 Å². The van der Waals surface area contributed by atoms with Crippen molar-refractivity contribution in [2.75, 3.05) is 13.7 Å². The highest BCUT2D eigenvalue weighted by molar-refractivity contribution is 7.89. The number of hydrogen-bond acceptors (Lipinski definition) is 4. The van der Waals surface area contributed by atoms with E-state index in [1.807, 2.05) is 18.2 Å². The number of ether oxygens (including phenoxy) is 1. The number of halogens is 2. The molecule has 0 heterocycles. The van der Waals surface area contributed by atoms with Gasteiger partial charge in [0.15, 0.2) is 0 Å². The van der Waals surface area contributed by atoms with Gasteiger partial charge in [0.1, 0.15) is 5.75 Å². The number of nitrogens with one attached hydrogen (secondary N) is 1. The molecule has 0 spiro atoms. The van der Waals surface area contributed by atoms with Gasteiger partial charge in [-0.3, -0.25) is 4.79 Å². The van der Waals surface area contributed by atoms with Crippen molar-refractivity contribution in [1.82, 2.24) is 9.62 Å². The van der Waals surface area contributed by atoms with E-state index in [4.69, 9.17) is 27.9 Å². The van der Waals surface area contributed by atoms with E-state index in [1.54, 1.807) is 6.07 Å². The van der Waals surface area contributed by atoms with E-state index < -0.39 is 10.0 Å². The first kappa shape index (κ1) is 23.9. The lowest BCUT2D eigenvalue weighted by atomic mass is 9.95. The zero-order valence-corrected chi connectivity index (χ0v) is 19.6. The Labute approximate surface area is 193 Å². The largest absolute Gasteiger partial charge is 0.495 e. The number of sulfonamides is 1. The van der Waals surface area contributed by atoms with Crippen LogP contribution in [-0.2, 0) is 21.4 Å². The van der Waals surface area contributed by atoms with Crippen molar-refractivity contribution >= 4 is 39.1 Å². The van der Waals surface area contributed by atoms with Gasteiger partial charge in [0.2, 0.25) is 15.9 Å². The molecule has 1 amide bonds. The van der Waals surface area contributed by atoms with Crippen molar-refractivity contribution in [3.63, 3.8) is 0 Å². The van der Waals surface area contributed by atoms with Crippen molar-refractivity contribution in [2.45, 2.75) is 49.6 Å². The van der Waals surface area contributed by atoms with Crippen LogP contribution in [0.2, 0.25) is 10.0 Å². The maximum absolute atomic E-state index is 13.5. The lowest BCUT2D eigenvalue weighted by Gasteiger charge is -2.33. The number of hydrogen-bond donors (Lipinski definition) is 1. The van der Waals surface area contributed by atoms with Gasteiger partial charge < -0.3 is 10.1 Å². The van der Waals surface area contributed by atoms with Gasteiger partial charge in [-0.1, -0.05) is 60.7 Å². The summed E-state index contributed by atoms with van der Waals surface area (Å²) in [5, 5.41) is 3.54. The van der Waals surface area contributed by atoms with E-state index in [0.717, 1.165) is 37.7 Å². The second kappa shape index (κ2) is 10.7. The summed E-state index contributed by atoms with van der Waals surface area (Å²) in [5.41, 5.74) is 0.770. The molecule has 0 aromatic heterocycles. The second-order valence-electron chi connectivity index (χ2n) is 7.51. The average molecular weight is 485 g/mol. The molecule has 0 bridgehead atoms. The lowest BCUT2D eigenvalue weighted by Crippen LogP contribution is -2.46. The molecule has 0 saturated heterocycles. The molecule has 0 aliphatic heterocycles. The van der Waals surface area contributed by atoms with Crippen molar-refractivity contribution < 1.29 is 17.9 Å². The van der Waals surface area contributed by atoms with Crippen LogP contribution in [0.3, 0.4) is 0 Å². The van der Waals surface area contributed by atoms with Gasteiger partial charge in [-0.25, -0.2) is 8.42 Å². The number of carbonyl (C=O) groups excluding carboxylic acids is 1. The summed E-state index contributed by atoms with van der Waals surface area (Å²) >= 11 is 12.3. The SMILES string of the molecule is COc1ccc(S(=O)(=O)N(CC(=O)NCc2ccccc2Cl)C2CCCCC2)cc1Cl. The fourth-order valence-corrected chi connectivity index (χ4v) is 5.95. The van der Waals surface area contributed by atoms with E-state index in [2.05, 4.69) is 5.32 Å². The Kier molecular flexibility index (Phi) is 8.22. The molecule has 9 heteroatoms. The van der Waals surface area contributed by atoms with Gasteiger partial charge in [-0.2, -0.15) is 4.31 Å². The Morgan fingerprint density at radius 1 is 1.10 bits per heavy atom. The van der Waals surface area contributed by atoms with Crippen LogP contribution in [0.25, 0.3) is 0 Å². The first-order valence-electron chi connectivity index (χ1n) is 10.2. The van der Waals surface area contributed by atoms with Gasteiger partial charge >= 0.3 is 0 Å². The van der Waals surface area contributed by atoms with Crippen LogP contribution in [-0.4, -0.2) is 38.3 Å². The van der Waals surface area contributed by atoms with Crippen LogP contribution in [0.1, 0.15) is 37.7 Å². The molecule has 1 N–H and O–H groups in total. The predicted molar refractivity (Wildman–Crippen MR) is 122 cm³/mol. The van der Waals surface area contributed by atoms with Crippen molar-refractivity contribution in [1.29, 1.82) is 0 Å². The van der Waals surface area contributed by atoms with Crippen LogP contribution < -0.4 is 10.1 Å². The molecular formula is C22H26Cl2N2O4S. The van der Waals surface area contributed by atoms with Gasteiger partial charge in [-0.05, 0) is 42.7 Å². The Bertz CT molecular complexity index is 1020. The molecule has 0 atom stereocenters. The summed E-state index contributed by atoms with van der Waals surface area (Å²) in [6.07, 6.45) is 4.38. The minimum absolute atomic E-state index is 0.0442. The Balaban J connectivity index is 1.81. The van der Waals surface area contributed by atoms with Gasteiger partial charge in [-0.15, -0.1) is 0 Å². The summed E-state index contributed by atoms with van der Waals surface area (Å²) in [4.78, 5) is 12.8. The van der Waals surface area contributed by atoms with Gasteiger partial charge in [0.25, 0.3) is 0 Å². The molecule has 168 valence electrons. The summed E-state index contributed by atoms with van der Waals surface area (Å²) < 4.78 is 33.4. The molecule has 6 nitrogen and oxygen atoms in total. The number of methoxy groups -OCH3 is 1. The summed E-state index contributed by atoms with van der Waals surface area (Å²) in [6.45, 7) is -0.0352. The van der Waals surface area contributed by atoms with Crippen LogP contribution in [0.4, 0.5) is 0 Å². The highest BCUT2D eigenvalue weighted by atomic mass is 35.5. The minimum Gasteiger partial charge on any atom is -0.495 e. The van der Waals surface area contributed by atoms with Crippen LogP contribution in [0, 0.1) is 0 Å². The number of rotatable bonds is 8. The Hall–Kier alpha value is -1.80. The van der Waals surface area contributed by atoms with E-state index in [1.165, 1.54) is 29.6 Å². The first-order valence-corrected chi connectivity index (χ1v) is 12.4. The smallest absolute Gasteiger partial charge is 0.243 e. The molecule has 0 unspecified atom stereocenters. The van der Waals surface area contributed by atoms with E-state index >= 15 is 0 Å². The van der Waals surface area contributed by atoms with Crippen molar-refractivity contribution in [3.8, 4) is 5.75 Å². The summed E-state index contributed by atoms with van der Waals surface area (Å²) in [7, 11) is -2.46. The molecule has 1 aliphatic carbocycles. The maximum Gasteiger partial charge on any atom is 0.243 e. The predicted octanol–water partition coefficient (Wildman–Crippen LogP) is 4.64. The van der Waals surface area contributed by atoms with Crippen molar-refractivity contribution in [3.05, 3.63) is 58.1 Å². The fourth-order valence-electron chi connectivity index (χ4n) is 3.76. The molecule has 2 aromatic rings. The monoisotopic (exact) mass is 484 g/mol. The normalized spacial score (nSPS) is 15.1. The third kappa shape index (κ3) is 5.92. The van der Waals surface area contributed by atoms with E-state index in [0.29, 0.717) is 10.8 Å². The van der Waals surface area contributed by atoms with E-state index in [9.17, 15) is 13.2 Å². The first-order chi connectivity index (χ1) is 14.8. The maximum atomic E-state index is 13.5. The molecular weight excluding hydrogens is 459 g/mol. The molecule has 1 aliphatic rings. The highest BCUT2D eigenvalue weighted by Gasteiger charge is 2.34. The quantitative estimate of drug-likeness (QED) is 0.591. The standard InChI is InChI=1S/C22H26Cl2N2O4S/c1-30-21-12-11-18(13-20(21)24)31(28,29)26(17-8-3-2-4-9-17)15-22(27)25-14-16-7-5-6-10-19(16)23/h5-7,10-13,17H,2-4,8-9,14-15H2,1H3,(H,25,27). The molecule has 0 radical (unpaired) electrons. The molecule has 3 rings (SSSR count). The minimum atomic E-state index is -3.93. The fraction of sp³-hybridized carbons (Fsp3) is 0.409.